The van der Waals surface area contributed by atoms with E-state index in [4.69, 9.17) is 0 Å². The lowest BCUT2D eigenvalue weighted by Gasteiger charge is -2.24. The second-order valence-electron chi connectivity index (χ2n) is 6.10. The van der Waals surface area contributed by atoms with Gasteiger partial charge in [0.05, 0.1) is 11.5 Å². The number of nitrogens with zero attached hydrogens (tertiary/aromatic N) is 3. The third-order valence-corrected chi connectivity index (χ3v) is 6.16. The van der Waals surface area contributed by atoms with Gasteiger partial charge in [0, 0.05) is 24.8 Å². The Hall–Kier alpha value is -2.15. The summed E-state index contributed by atoms with van der Waals surface area (Å²) in [5, 5.41) is 3.26. The fourth-order valence-corrected chi connectivity index (χ4v) is 4.62. The van der Waals surface area contributed by atoms with Crippen molar-refractivity contribution in [2.45, 2.75) is 25.8 Å². The van der Waals surface area contributed by atoms with Crippen molar-refractivity contribution in [1.29, 1.82) is 0 Å². The maximum Gasteiger partial charge on any atom is 0.152 e. The van der Waals surface area contributed by atoms with Gasteiger partial charge in [-0.3, -0.25) is 0 Å². The second kappa shape index (κ2) is 6.76. The van der Waals surface area contributed by atoms with Gasteiger partial charge < -0.3 is 10.2 Å². The van der Waals surface area contributed by atoms with Gasteiger partial charge in [-0.15, -0.1) is 0 Å². The Morgan fingerprint density at radius 3 is 2.62 bits per heavy atom. The van der Waals surface area contributed by atoms with Gasteiger partial charge in [0.15, 0.2) is 9.84 Å². The molecule has 2 heterocycles. The Morgan fingerprint density at radius 1 is 1.25 bits per heavy atom. The number of aromatic nitrogens is 2. The SMILES string of the molecule is CCc1ccc(Nc2cc(N(C)C3CCS(=O)(=O)C3)ncn2)cc1. The summed E-state index contributed by atoms with van der Waals surface area (Å²) in [5.74, 6) is 1.85. The van der Waals surface area contributed by atoms with E-state index in [9.17, 15) is 8.42 Å². The van der Waals surface area contributed by atoms with E-state index in [1.165, 1.54) is 11.9 Å². The summed E-state index contributed by atoms with van der Waals surface area (Å²) in [6.45, 7) is 2.12. The molecule has 0 bridgehead atoms. The summed E-state index contributed by atoms with van der Waals surface area (Å²) in [6.07, 6.45) is 3.15. The van der Waals surface area contributed by atoms with Gasteiger partial charge in [-0.25, -0.2) is 18.4 Å². The molecule has 0 saturated carbocycles. The predicted molar refractivity (Wildman–Crippen MR) is 96.6 cm³/mol. The Morgan fingerprint density at radius 2 is 2.00 bits per heavy atom. The smallest absolute Gasteiger partial charge is 0.152 e. The molecule has 1 fully saturated rings. The van der Waals surface area contributed by atoms with Crippen LogP contribution in [-0.4, -0.2) is 43.0 Å². The number of nitrogens with one attached hydrogen (secondary N) is 1. The molecule has 1 saturated heterocycles. The zero-order valence-corrected chi connectivity index (χ0v) is 14.8. The van der Waals surface area contributed by atoms with Crippen LogP contribution < -0.4 is 10.2 Å². The molecule has 1 aliphatic heterocycles. The summed E-state index contributed by atoms with van der Waals surface area (Å²) >= 11 is 0. The topological polar surface area (TPSA) is 75.2 Å². The fourth-order valence-electron chi connectivity index (χ4n) is 2.85. The summed E-state index contributed by atoms with van der Waals surface area (Å²) in [7, 11) is -1.03. The molecule has 1 atom stereocenters. The Bertz CT molecular complexity index is 806. The standard InChI is InChI=1S/C17H22N4O2S/c1-3-13-4-6-14(7-5-13)20-16-10-17(19-12-18-16)21(2)15-8-9-24(22,23)11-15/h4-7,10,12,15H,3,8-9,11H2,1-2H3,(H,18,19,20). The molecule has 0 spiro atoms. The first-order chi connectivity index (χ1) is 11.5. The summed E-state index contributed by atoms with van der Waals surface area (Å²) in [4.78, 5) is 10.5. The van der Waals surface area contributed by atoms with Crippen LogP contribution in [-0.2, 0) is 16.3 Å². The molecule has 1 N–H and O–H groups in total. The molecule has 0 aliphatic carbocycles. The zero-order chi connectivity index (χ0) is 17.2. The van der Waals surface area contributed by atoms with E-state index in [2.05, 4.69) is 34.3 Å². The lowest BCUT2D eigenvalue weighted by Crippen LogP contribution is -2.33. The molecule has 1 aliphatic rings. The summed E-state index contributed by atoms with van der Waals surface area (Å²) < 4.78 is 23.3. The highest BCUT2D eigenvalue weighted by atomic mass is 32.2. The third kappa shape index (κ3) is 3.84. The number of hydrogen-bond acceptors (Lipinski definition) is 6. The van der Waals surface area contributed by atoms with Gasteiger partial charge in [0.25, 0.3) is 0 Å². The van der Waals surface area contributed by atoms with Gasteiger partial charge in [-0.05, 0) is 30.5 Å². The Balaban J connectivity index is 1.73. The van der Waals surface area contributed by atoms with Crippen molar-refractivity contribution < 1.29 is 8.42 Å². The molecule has 0 amide bonds. The minimum Gasteiger partial charge on any atom is -0.355 e. The van der Waals surface area contributed by atoms with Crippen LogP contribution in [0.5, 0.6) is 0 Å². The second-order valence-corrected chi connectivity index (χ2v) is 8.33. The number of hydrogen-bond donors (Lipinski definition) is 1. The molecular formula is C17H22N4O2S. The first kappa shape index (κ1) is 16.7. The normalized spacial score (nSPS) is 19.2. The molecule has 2 aromatic rings. The van der Waals surface area contributed by atoms with Crippen LogP contribution in [0.25, 0.3) is 0 Å². The van der Waals surface area contributed by atoms with E-state index in [1.807, 2.05) is 30.1 Å². The van der Waals surface area contributed by atoms with Crippen LogP contribution >= 0.6 is 0 Å². The highest BCUT2D eigenvalue weighted by Gasteiger charge is 2.31. The van der Waals surface area contributed by atoms with E-state index in [-0.39, 0.29) is 17.5 Å². The predicted octanol–water partition coefficient (Wildman–Crippen LogP) is 2.41. The zero-order valence-electron chi connectivity index (χ0n) is 13.9. The van der Waals surface area contributed by atoms with E-state index in [1.54, 1.807) is 0 Å². The van der Waals surface area contributed by atoms with Crippen LogP contribution in [0.4, 0.5) is 17.3 Å². The molecule has 1 aromatic carbocycles. The molecule has 7 heteroatoms. The third-order valence-electron chi connectivity index (χ3n) is 4.40. The van der Waals surface area contributed by atoms with Gasteiger partial charge in [-0.1, -0.05) is 19.1 Å². The first-order valence-electron chi connectivity index (χ1n) is 8.08. The minimum absolute atomic E-state index is 0.0263. The van der Waals surface area contributed by atoms with Crippen molar-refractivity contribution in [2.75, 3.05) is 28.8 Å². The Kier molecular flexibility index (Phi) is 4.71. The van der Waals surface area contributed by atoms with Gasteiger partial charge in [-0.2, -0.15) is 0 Å². The number of aryl methyl sites for hydroxylation is 1. The molecule has 1 aromatic heterocycles. The minimum atomic E-state index is -2.91. The number of rotatable bonds is 5. The average molecular weight is 346 g/mol. The number of anilines is 3. The molecular weight excluding hydrogens is 324 g/mol. The van der Waals surface area contributed by atoms with Gasteiger partial charge in [0.1, 0.15) is 18.0 Å². The average Bonchev–Trinajstić information content (AvgIpc) is 2.95. The molecule has 6 nitrogen and oxygen atoms in total. The van der Waals surface area contributed by atoms with E-state index in [0.717, 1.165) is 17.9 Å². The highest BCUT2D eigenvalue weighted by Crippen LogP contribution is 2.23. The van der Waals surface area contributed by atoms with Crippen LogP contribution in [0.2, 0.25) is 0 Å². The van der Waals surface area contributed by atoms with Crippen molar-refractivity contribution in [3.05, 3.63) is 42.2 Å². The highest BCUT2D eigenvalue weighted by molar-refractivity contribution is 7.91. The van der Waals surface area contributed by atoms with Crippen molar-refractivity contribution >= 4 is 27.2 Å². The summed E-state index contributed by atoms with van der Waals surface area (Å²) in [6, 6.07) is 10.0. The molecule has 3 rings (SSSR count). The molecule has 1 unspecified atom stereocenters. The monoisotopic (exact) mass is 346 g/mol. The quantitative estimate of drug-likeness (QED) is 0.896. The van der Waals surface area contributed by atoms with Gasteiger partial charge >= 0.3 is 0 Å². The van der Waals surface area contributed by atoms with E-state index >= 15 is 0 Å². The molecule has 128 valence electrons. The number of sulfone groups is 1. The van der Waals surface area contributed by atoms with Crippen LogP contribution in [0.15, 0.2) is 36.7 Å². The van der Waals surface area contributed by atoms with Gasteiger partial charge in [0.2, 0.25) is 0 Å². The maximum atomic E-state index is 11.7. The van der Waals surface area contributed by atoms with Crippen molar-refractivity contribution in [2.24, 2.45) is 0 Å². The summed E-state index contributed by atoms with van der Waals surface area (Å²) in [5.41, 5.74) is 2.24. The number of benzene rings is 1. The van der Waals surface area contributed by atoms with Crippen LogP contribution in [0, 0.1) is 0 Å². The first-order valence-corrected chi connectivity index (χ1v) is 9.90. The maximum absolute atomic E-state index is 11.7. The van der Waals surface area contributed by atoms with Crippen molar-refractivity contribution in [3.8, 4) is 0 Å². The van der Waals surface area contributed by atoms with Crippen molar-refractivity contribution in [1.82, 2.24) is 9.97 Å². The fraction of sp³-hybridized carbons (Fsp3) is 0.412. The van der Waals surface area contributed by atoms with Crippen LogP contribution in [0.3, 0.4) is 0 Å². The van der Waals surface area contributed by atoms with E-state index in [0.29, 0.717) is 12.2 Å². The van der Waals surface area contributed by atoms with Crippen LogP contribution in [0.1, 0.15) is 18.9 Å². The molecule has 0 radical (unpaired) electrons. The van der Waals surface area contributed by atoms with E-state index < -0.39 is 9.84 Å². The lowest BCUT2D eigenvalue weighted by molar-refractivity contribution is 0.600. The largest absolute Gasteiger partial charge is 0.355 e. The lowest BCUT2D eigenvalue weighted by atomic mass is 10.1. The van der Waals surface area contributed by atoms with Crippen molar-refractivity contribution in [3.63, 3.8) is 0 Å². The Labute approximate surface area is 142 Å². The molecule has 24 heavy (non-hydrogen) atoms.